The number of rotatable bonds is 28. The molecule has 1 unspecified atom stereocenters. The third-order valence-corrected chi connectivity index (χ3v) is 6.77. The van der Waals surface area contributed by atoms with Crippen molar-refractivity contribution in [2.24, 2.45) is 0 Å². The van der Waals surface area contributed by atoms with Gasteiger partial charge in [-0.3, -0.25) is 4.79 Å². The Labute approximate surface area is 219 Å². The minimum atomic E-state index is -0.178. The van der Waals surface area contributed by atoms with Crippen LogP contribution in [-0.4, -0.2) is 31.6 Å². The predicted octanol–water partition coefficient (Wildman–Crippen LogP) is 9.92. The number of hydrogen-bond donors (Lipinski definition) is 0. The van der Waals surface area contributed by atoms with E-state index in [0.717, 1.165) is 51.7 Å². The highest BCUT2D eigenvalue weighted by Crippen LogP contribution is 2.15. The van der Waals surface area contributed by atoms with E-state index in [0.29, 0.717) is 0 Å². The Hall–Kier alpha value is -0.610. The van der Waals surface area contributed by atoms with Gasteiger partial charge in [0.1, 0.15) is 0 Å². The highest BCUT2D eigenvalue weighted by atomic mass is 16.7. The molecule has 0 aliphatic heterocycles. The summed E-state index contributed by atoms with van der Waals surface area (Å²) in [4.78, 5) is 11.0. The van der Waals surface area contributed by atoms with Gasteiger partial charge in [0, 0.05) is 20.1 Å². The molecule has 0 aromatic heterocycles. The molecule has 4 heteroatoms. The van der Waals surface area contributed by atoms with Crippen molar-refractivity contribution in [2.75, 3.05) is 13.2 Å². The Morgan fingerprint density at radius 2 is 0.914 bits per heavy atom. The summed E-state index contributed by atoms with van der Waals surface area (Å²) in [5.41, 5.74) is 0. The largest absolute Gasteiger partial charge is 0.463 e. The molecule has 0 aromatic carbocycles. The molecule has 1 atom stereocenters. The van der Waals surface area contributed by atoms with E-state index in [-0.39, 0.29) is 18.4 Å². The number of ether oxygens (including phenoxy) is 3. The van der Waals surface area contributed by atoms with E-state index in [1.165, 1.54) is 110 Å². The first-order valence-electron chi connectivity index (χ1n) is 15.5. The number of esters is 1. The van der Waals surface area contributed by atoms with E-state index in [9.17, 15) is 4.79 Å². The van der Waals surface area contributed by atoms with Crippen LogP contribution in [0.4, 0.5) is 0 Å². The molecular weight excluding hydrogens is 436 g/mol. The molecule has 0 radical (unpaired) electrons. The van der Waals surface area contributed by atoms with Gasteiger partial charge in [0.2, 0.25) is 0 Å². The molecule has 4 nitrogen and oxygen atoms in total. The van der Waals surface area contributed by atoms with Crippen LogP contribution in [0.15, 0.2) is 0 Å². The monoisotopic (exact) mass is 498 g/mol. The second-order valence-electron chi connectivity index (χ2n) is 10.5. The van der Waals surface area contributed by atoms with Gasteiger partial charge in [-0.15, -0.1) is 0 Å². The first kappa shape index (κ1) is 34.4. The highest BCUT2D eigenvalue weighted by molar-refractivity contribution is 5.66. The van der Waals surface area contributed by atoms with Crippen LogP contribution in [0.3, 0.4) is 0 Å². The topological polar surface area (TPSA) is 44.8 Å². The molecule has 0 fully saturated rings. The average molecular weight is 499 g/mol. The van der Waals surface area contributed by atoms with Gasteiger partial charge in [0.15, 0.2) is 6.29 Å². The molecule has 0 aromatic rings. The zero-order valence-corrected chi connectivity index (χ0v) is 24.3. The SMILES string of the molecule is CCCCCCCCCCOC(CCCCCCC(C)OC(C)=O)OCCCCCCCCCC. The van der Waals surface area contributed by atoms with Crippen LogP contribution in [0.1, 0.15) is 169 Å². The molecule has 0 amide bonds. The summed E-state index contributed by atoms with van der Waals surface area (Å²) in [5.74, 6) is -0.178. The maximum absolute atomic E-state index is 11.0. The Balaban J connectivity index is 3.96. The van der Waals surface area contributed by atoms with Gasteiger partial charge in [0.05, 0.1) is 6.10 Å². The van der Waals surface area contributed by atoms with Crippen molar-refractivity contribution in [3.63, 3.8) is 0 Å². The molecule has 0 aliphatic carbocycles. The fraction of sp³-hybridized carbons (Fsp3) is 0.968. The van der Waals surface area contributed by atoms with Crippen LogP contribution in [-0.2, 0) is 19.0 Å². The number of hydrogen-bond acceptors (Lipinski definition) is 4. The van der Waals surface area contributed by atoms with Crippen LogP contribution in [0.25, 0.3) is 0 Å². The summed E-state index contributed by atoms with van der Waals surface area (Å²) in [7, 11) is 0. The zero-order chi connectivity index (χ0) is 25.8. The molecule has 0 aliphatic rings. The minimum absolute atomic E-state index is 0.0326. The molecule has 0 heterocycles. The third kappa shape index (κ3) is 27.8. The van der Waals surface area contributed by atoms with Crippen molar-refractivity contribution in [1.82, 2.24) is 0 Å². The smallest absolute Gasteiger partial charge is 0.302 e. The van der Waals surface area contributed by atoms with Gasteiger partial charge in [-0.2, -0.15) is 0 Å². The van der Waals surface area contributed by atoms with E-state index in [4.69, 9.17) is 14.2 Å². The summed E-state index contributed by atoms with van der Waals surface area (Å²) >= 11 is 0. The van der Waals surface area contributed by atoms with Crippen molar-refractivity contribution in [2.45, 2.75) is 181 Å². The summed E-state index contributed by atoms with van der Waals surface area (Å²) < 4.78 is 17.5. The fourth-order valence-electron chi connectivity index (χ4n) is 4.55. The van der Waals surface area contributed by atoms with Gasteiger partial charge in [-0.25, -0.2) is 0 Å². The van der Waals surface area contributed by atoms with Crippen LogP contribution in [0.5, 0.6) is 0 Å². The van der Waals surface area contributed by atoms with E-state index in [1.807, 2.05) is 6.92 Å². The molecule has 0 spiro atoms. The van der Waals surface area contributed by atoms with E-state index in [2.05, 4.69) is 13.8 Å². The predicted molar refractivity (Wildman–Crippen MR) is 150 cm³/mol. The second kappa shape index (κ2) is 28.0. The van der Waals surface area contributed by atoms with Crippen LogP contribution in [0.2, 0.25) is 0 Å². The van der Waals surface area contributed by atoms with Crippen molar-refractivity contribution >= 4 is 5.97 Å². The molecule has 0 N–H and O–H groups in total. The molecule has 0 saturated carbocycles. The van der Waals surface area contributed by atoms with Gasteiger partial charge >= 0.3 is 5.97 Å². The summed E-state index contributed by atoms with van der Waals surface area (Å²) in [6, 6.07) is 0. The summed E-state index contributed by atoms with van der Waals surface area (Å²) in [6.45, 7) is 9.68. The normalized spacial score (nSPS) is 12.4. The lowest BCUT2D eigenvalue weighted by atomic mass is 10.1. The molecule has 35 heavy (non-hydrogen) atoms. The average Bonchev–Trinajstić information content (AvgIpc) is 2.83. The number of carbonyl (C=O) groups excluding carboxylic acids is 1. The Bertz CT molecular complexity index is 404. The highest BCUT2D eigenvalue weighted by Gasteiger charge is 2.10. The van der Waals surface area contributed by atoms with Crippen LogP contribution < -0.4 is 0 Å². The van der Waals surface area contributed by atoms with Crippen molar-refractivity contribution in [3.8, 4) is 0 Å². The molecule has 0 bridgehead atoms. The lowest BCUT2D eigenvalue weighted by Gasteiger charge is -2.19. The second-order valence-corrected chi connectivity index (χ2v) is 10.5. The van der Waals surface area contributed by atoms with Gasteiger partial charge in [-0.1, -0.05) is 117 Å². The maximum Gasteiger partial charge on any atom is 0.302 e. The molecule has 210 valence electrons. The summed E-state index contributed by atoms with van der Waals surface area (Å²) in [6.07, 6.45) is 27.8. The summed E-state index contributed by atoms with van der Waals surface area (Å²) in [5, 5.41) is 0. The fourth-order valence-corrected chi connectivity index (χ4v) is 4.55. The first-order valence-corrected chi connectivity index (χ1v) is 15.5. The van der Waals surface area contributed by atoms with Crippen molar-refractivity contribution < 1.29 is 19.0 Å². The van der Waals surface area contributed by atoms with Crippen molar-refractivity contribution in [3.05, 3.63) is 0 Å². The third-order valence-electron chi connectivity index (χ3n) is 6.77. The van der Waals surface area contributed by atoms with Gasteiger partial charge < -0.3 is 14.2 Å². The standard InChI is InChI=1S/C31H62O4/c1-5-7-9-11-13-15-19-23-27-33-31(34-28-24-20-16-14-12-10-8-6-2)26-22-18-17-21-25-29(3)35-30(4)32/h29,31H,5-28H2,1-4H3. The minimum Gasteiger partial charge on any atom is -0.463 e. The maximum atomic E-state index is 11.0. The van der Waals surface area contributed by atoms with Crippen LogP contribution >= 0.6 is 0 Å². The number of carbonyl (C=O) groups is 1. The van der Waals surface area contributed by atoms with Gasteiger partial charge in [-0.05, 0) is 45.4 Å². The van der Waals surface area contributed by atoms with Crippen LogP contribution in [0, 0.1) is 0 Å². The lowest BCUT2D eigenvalue weighted by molar-refractivity contribution is -0.148. The molecule has 0 rings (SSSR count). The quantitative estimate of drug-likeness (QED) is 0.0611. The molecule has 0 saturated heterocycles. The first-order chi connectivity index (χ1) is 17.1. The lowest BCUT2D eigenvalue weighted by Crippen LogP contribution is -2.19. The van der Waals surface area contributed by atoms with Gasteiger partial charge in [0.25, 0.3) is 0 Å². The van der Waals surface area contributed by atoms with E-state index < -0.39 is 0 Å². The van der Waals surface area contributed by atoms with E-state index in [1.54, 1.807) is 0 Å². The Morgan fingerprint density at radius 1 is 0.543 bits per heavy atom. The zero-order valence-electron chi connectivity index (χ0n) is 24.3. The van der Waals surface area contributed by atoms with E-state index >= 15 is 0 Å². The Morgan fingerprint density at radius 3 is 1.34 bits per heavy atom. The Kier molecular flexibility index (Phi) is 27.5. The molecular formula is C31H62O4. The van der Waals surface area contributed by atoms with Crippen molar-refractivity contribution in [1.29, 1.82) is 0 Å². The number of unbranched alkanes of at least 4 members (excludes halogenated alkanes) is 17.